The molecule has 0 saturated carbocycles. The molecule has 0 atom stereocenters. The summed E-state index contributed by atoms with van der Waals surface area (Å²) in [5, 5.41) is 6.76. The number of furan rings is 1. The Hall–Kier alpha value is -7.37. The summed E-state index contributed by atoms with van der Waals surface area (Å²) in [6.07, 6.45) is 2.37. The maximum atomic E-state index is 6.69. The number of para-hydroxylation sites is 2. The molecule has 0 unspecified atom stereocenters. The van der Waals surface area contributed by atoms with Crippen LogP contribution in [0, 0.1) is 0 Å². The van der Waals surface area contributed by atoms with Gasteiger partial charge in [-0.2, -0.15) is 0 Å². The summed E-state index contributed by atoms with van der Waals surface area (Å²) in [6.45, 7) is 9.52. The maximum absolute atomic E-state index is 6.69. The Morgan fingerprint density at radius 3 is 1.82 bits per heavy atom. The van der Waals surface area contributed by atoms with E-state index in [1.807, 2.05) is 12.1 Å². The first-order valence-corrected chi connectivity index (χ1v) is 21.6. The number of hydrogen-bond donors (Lipinski definition) is 0. The Bertz CT molecular complexity index is 3550. The molecular weight excluding hydrogens is 757 g/mol. The molecule has 0 fully saturated rings. The Balaban J connectivity index is 1.02. The molecule has 298 valence electrons. The van der Waals surface area contributed by atoms with E-state index in [-0.39, 0.29) is 10.8 Å². The smallest absolute Gasteiger partial charge is 0.164 e. The third kappa shape index (κ3) is 5.79. The molecule has 0 radical (unpaired) electrons. The fraction of sp³-hybridized carbons (Fsp3) is 0.140. The van der Waals surface area contributed by atoms with Crippen LogP contribution in [0.4, 0.5) is 0 Å². The van der Waals surface area contributed by atoms with Gasteiger partial charge in [0.2, 0.25) is 0 Å². The number of aromatic nitrogens is 4. The highest BCUT2D eigenvalue weighted by Crippen LogP contribution is 2.47. The summed E-state index contributed by atoms with van der Waals surface area (Å²) in [5.41, 5.74) is 13.3. The van der Waals surface area contributed by atoms with Gasteiger partial charge in [-0.1, -0.05) is 149 Å². The Labute approximate surface area is 360 Å². The van der Waals surface area contributed by atoms with Gasteiger partial charge in [0.15, 0.2) is 17.5 Å². The first-order valence-electron chi connectivity index (χ1n) is 21.6. The van der Waals surface area contributed by atoms with Crippen molar-refractivity contribution >= 4 is 54.5 Å². The van der Waals surface area contributed by atoms with Crippen molar-refractivity contribution in [2.45, 2.75) is 51.4 Å². The molecule has 12 rings (SSSR count). The summed E-state index contributed by atoms with van der Waals surface area (Å²) in [5.74, 6) is 1.81. The highest BCUT2D eigenvalue weighted by atomic mass is 16.3. The second-order valence-electron chi connectivity index (χ2n) is 18.3. The van der Waals surface area contributed by atoms with Crippen molar-refractivity contribution < 1.29 is 4.42 Å². The molecule has 0 aliphatic heterocycles. The summed E-state index contributed by atoms with van der Waals surface area (Å²) >= 11 is 0. The molecule has 1 aliphatic rings. The normalized spacial score (nSPS) is 14.6. The van der Waals surface area contributed by atoms with E-state index in [9.17, 15) is 0 Å². The van der Waals surface area contributed by atoms with Gasteiger partial charge < -0.3 is 8.98 Å². The van der Waals surface area contributed by atoms with Crippen LogP contribution in [0.1, 0.15) is 51.7 Å². The van der Waals surface area contributed by atoms with E-state index in [0.717, 1.165) is 66.3 Å². The Kier molecular flexibility index (Phi) is 7.98. The zero-order chi connectivity index (χ0) is 41.7. The quantitative estimate of drug-likeness (QED) is 0.174. The minimum Gasteiger partial charge on any atom is -0.456 e. The van der Waals surface area contributed by atoms with Crippen LogP contribution >= 0.6 is 0 Å². The number of fused-ring (bicyclic) bond motifs is 8. The molecule has 5 heteroatoms. The standard InChI is InChI=1S/C57H44N4O/c1-56(2)29-30-57(3,4)47-33-37(26-28-46(47)56)38-25-27-44-51(34-38)62-50-22-12-19-45(52(44)50)55-59-53(58-54(60-55)40-24-23-35-13-5-6-14-36(35)31-40)39-15-11-16-41(32-39)61-48-20-9-7-17-42(48)43-18-8-10-21-49(43)61/h5-28,31-34H,29-30H2,1-4H3. The van der Waals surface area contributed by atoms with E-state index in [4.69, 9.17) is 19.4 Å². The molecule has 3 heterocycles. The SMILES string of the molecule is CC1(C)CCC(C)(C)c2cc(-c3ccc4c(c3)oc3cccc(-c5nc(-c6cccc(-n7c8ccccc8c8ccccc87)c6)nc(-c6ccc7ccccc7c6)n5)c34)ccc21. The molecule has 0 bridgehead atoms. The predicted octanol–water partition coefficient (Wildman–Crippen LogP) is 15.0. The van der Waals surface area contributed by atoms with Crippen molar-refractivity contribution in [3.63, 3.8) is 0 Å². The van der Waals surface area contributed by atoms with E-state index in [1.165, 1.54) is 45.7 Å². The van der Waals surface area contributed by atoms with Gasteiger partial charge in [0.05, 0.1) is 11.0 Å². The van der Waals surface area contributed by atoms with Crippen LogP contribution in [0.3, 0.4) is 0 Å². The van der Waals surface area contributed by atoms with Crippen molar-refractivity contribution in [2.75, 3.05) is 0 Å². The number of hydrogen-bond acceptors (Lipinski definition) is 4. The van der Waals surface area contributed by atoms with Gasteiger partial charge >= 0.3 is 0 Å². The number of nitrogens with zero attached hydrogens (tertiary/aromatic N) is 4. The van der Waals surface area contributed by atoms with Crippen molar-refractivity contribution in [1.29, 1.82) is 0 Å². The first kappa shape index (κ1) is 36.5. The first-order chi connectivity index (χ1) is 30.2. The number of benzene rings is 8. The topological polar surface area (TPSA) is 56.7 Å². The highest BCUT2D eigenvalue weighted by molar-refractivity contribution is 6.13. The zero-order valence-electron chi connectivity index (χ0n) is 35.3. The van der Waals surface area contributed by atoms with Crippen LogP contribution in [0.2, 0.25) is 0 Å². The van der Waals surface area contributed by atoms with Crippen LogP contribution in [0.25, 0.3) is 105 Å². The molecule has 8 aromatic carbocycles. The molecule has 62 heavy (non-hydrogen) atoms. The van der Waals surface area contributed by atoms with E-state index in [1.54, 1.807) is 0 Å². The van der Waals surface area contributed by atoms with Crippen LogP contribution in [0.15, 0.2) is 174 Å². The fourth-order valence-electron chi connectivity index (χ4n) is 10.0. The van der Waals surface area contributed by atoms with E-state index in [2.05, 4.69) is 190 Å². The maximum Gasteiger partial charge on any atom is 0.164 e. The highest BCUT2D eigenvalue weighted by Gasteiger charge is 2.37. The van der Waals surface area contributed by atoms with Crippen molar-refractivity contribution in [2.24, 2.45) is 0 Å². The lowest BCUT2D eigenvalue weighted by atomic mass is 9.63. The van der Waals surface area contributed by atoms with Gasteiger partial charge in [0, 0.05) is 43.9 Å². The number of rotatable bonds is 5. The third-order valence-corrected chi connectivity index (χ3v) is 13.5. The van der Waals surface area contributed by atoms with E-state index >= 15 is 0 Å². The summed E-state index contributed by atoms with van der Waals surface area (Å²) < 4.78 is 9.03. The molecule has 11 aromatic rings. The fourth-order valence-corrected chi connectivity index (χ4v) is 10.0. The molecule has 0 amide bonds. The largest absolute Gasteiger partial charge is 0.456 e. The molecule has 0 saturated heterocycles. The van der Waals surface area contributed by atoms with Crippen molar-refractivity contribution in [3.8, 4) is 51.0 Å². The Morgan fingerprint density at radius 1 is 0.435 bits per heavy atom. The summed E-state index contributed by atoms with van der Waals surface area (Å²) in [4.78, 5) is 15.8. The average Bonchev–Trinajstić information content (AvgIpc) is 3.86. The van der Waals surface area contributed by atoms with Crippen molar-refractivity contribution in [1.82, 2.24) is 19.5 Å². The lowest BCUT2D eigenvalue weighted by molar-refractivity contribution is 0.332. The van der Waals surface area contributed by atoms with Crippen LogP contribution in [-0.4, -0.2) is 19.5 Å². The summed E-state index contributed by atoms with van der Waals surface area (Å²) in [7, 11) is 0. The minimum atomic E-state index is 0.126. The molecular formula is C57H44N4O. The average molecular weight is 801 g/mol. The van der Waals surface area contributed by atoms with Gasteiger partial charge in [-0.15, -0.1) is 0 Å². The van der Waals surface area contributed by atoms with Gasteiger partial charge in [0.1, 0.15) is 11.2 Å². The van der Waals surface area contributed by atoms with Gasteiger partial charge in [-0.25, -0.2) is 15.0 Å². The van der Waals surface area contributed by atoms with Gasteiger partial charge in [-0.3, -0.25) is 0 Å². The third-order valence-electron chi connectivity index (χ3n) is 13.5. The second-order valence-corrected chi connectivity index (χ2v) is 18.3. The second kappa shape index (κ2) is 13.6. The van der Waals surface area contributed by atoms with Gasteiger partial charge in [-0.05, 0) is 105 Å². The molecule has 5 nitrogen and oxygen atoms in total. The van der Waals surface area contributed by atoms with E-state index in [0.29, 0.717) is 17.5 Å². The minimum absolute atomic E-state index is 0.126. The van der Waals surface area contributed by atoms with Crippen LogP contribution in [0.5, 0.6) is 0 Å². The lowest BCUT2D eigenvalue weighted by Gasteiger charge is -2.42. The monoisotopic (exact) mass is 800 g/mol. The molecule has 1 aliphatic carbocycles. The Morgan fingerprint density at radius 2 is 1.05 bits per heavy atom. The van der Waals surface area contributed by atoms with Crippen LogP contribution in [-0.2, 0) is 10.8 Å². The van der Waals surface area contributed by atoms with Crippen molar-refractivity contribution in [3.05, 3.63) is 181 Å². The summed E-state index contributed by atoms with van der Waals surface area (Å²) in [6, 6.07) is 60.4. The van der Waals surface area contributed by atoms with Crippen LogP contribution < -0.4 is 0 Å². The predicted molar refractivity (Wildman–Crippen MR) is 256 cm³/mol. The zero-order valence-corrected chi connectivity index (χ0v) is 35.3. The molecule has 0 spiro atoms. The van der Waals surface area contributed by atoms with Gasteiger partial charge in [0.25, 0.3) is 0 Å². The molecule has 0 N–H and O–H groups in total. The molecule has 3 aromatic heterocycles. The lowest BCUT2D eigenvalue weighted by Crippen LogP contribution is -2.33. The van der Waals surface area contributed by atoms with E-state index < -0.39 is 0 Å².